The molecule has 2 aromatic rings. The van der Waals surface area contributed by atoms with E-state index < -0.39 is 23.9 Å². The standard InChI is InChI=1S/C18H19N3O4/c22-17(15-13-6-7-14(25-13)16(15)18(23)24)20-12-8-19-21(10-12)9-11-4-2-1-3-5-11/h1-5,8,10,13-16H,6-7,9H2,(H,20,22)(H,23,24)/p-1. The number of carboxylic acid groups (broad SMARTS) is 1. The van der Waals surface area contributed by atoms with Gasteiger partial charge >= 0.3 is 0 Å². The first-order valence-electron chi connectivity index (χ1n) is 8.35. The highest BCUT2D eigenvalue weighted by Crippen LogP contribution is 2.43. The van der Waals surface area contributed by atoms with Gasteiger partial charge in [0.05, 0.1) is 36.6 Å². The van der Waals surface area contributed by atoms with Crippen molar-refractivity contribution in [1.29, 1.82) is 0 Å². The van der Waals surface area contributed by atoms with Gasteiger partial charge in [-0.2, -0.15) is 5.10 Å². The Hall–Kier alpha value is -2.67. The number of hydrogen-bond donors (Lipinski definition) is 1. The van der Waals surface area contributed by atoms with Crippen molar-refractivity contribution in [2.75, 3.05) is 5.32 Å². The monoisotopic (exact) mass is 340 g/mol. The molecule has 4 rings (SSSR count). The Kier molecular flexibility index (Phi) is 4.01. The van der Waals surface area contributed by atoms with Crippen LogP contribution >= 0.6 is 0 Å². The lowest BCUT2D eigenvalue weighted by Gasteiger charge is -2.27. The van der Waals surface area contributed by atoms with Crippen LogP contribution in [0.15, 0.2) is 42.7 Å². The average molecular weight is 340 g/mol. The highest BCUT2D eigenvalue weighted by molar-refractivity contribution is 5.95. The summed E-state index contributed by atoms with van der Waals surface area (Å²) >= 11 is 0. The zero-order valence-corrected chi connectivity index (χ0v) is 13.5. The maximum Gasteiger partial charge on any atom is 0.230 e. The number of benzene rings is 1. The SMILES string of the molecule is O=C([O-])C1C2CCC(O2)C1C(=O)Nc1cnn(Cc2ccccc2)c1. The first-order valence-corrected chi connectivity index (χ1v) is 8.35. The van der Waals surface area contributed by atoms with Crippen molar-refractivity contribution in [3.05, 3.63) is 48.3 Å². The summed E-state index contributed by atoms with van der Waals surface area (Å²) in [6.07, 6.45) is 3.91. The number of carbonyl (C=O) groups is 2. The number of amides is 1. The summed E-state index contributed by atoms with van der Waals surface area (Å²) in [6, 6.07) is 9.85. The predicted octanol–water partition coefficient (Wildman–Crippen LogP) is 0.413. The normalized spacial score (nSPS) is 27.4. The third-order valence-electron chi connectivity index (χ3n) is 4.94. The van der Waals surface area contributed by atoms with Crippen LogP contribution in [0.1, 0.15) is 18.4 Å². The molecule has 0 spiro atoms. The van der Waals surface area contributed by atoms with Crippen molar-refractivity contribution >= 4 is 17.6 Å². The van der Waals surface area contributed by atoms with Gasteiger partial charge in [0.25, 0.3) is 0 Å². The molecule has 2 saturated heterocycles. The molecule has 0 aliphatic carbocycles. The van der Waals surface area contributed by atoms with Crippen LogP contribution in [-0.4, -0.2) is 33.9 Å². The summed E-state index contributed by atoms with van der Waals surface area (Å²) in [7, 11) is 0. The van der Waals surface area contributed by atoms with Gasteiger partial charge in [0, 0.05) is 18.1 Å². The van der Waals surface area contributed by atoms with Crippen LogP contribution in [-0.2, 0) is 20.9 Å². The Morgan fingerprint density at radius 1 is 1.20 bits per heavy atom. The van der Waals surface area contributed by atoms with E-state index in [1.165, 1.54) is 0 Å². The van der Waals surface area contributed by atoms with Crippen molar-refractivity contribution < 1.29 is 19.4 Å². The molecule has 0 saturated carbocycles. The van der Waals surface area contributed by atoms with E-state index in [0.29, 0.717) is 25.1 Å². The molecule has 0 radical (unpaired) electrons. The third kappa shape index (κ3) is 3.02. The second kappa shape index (κ2) is 6.33. The molecule has 2 aliphatic heterocycles. The molecule has 4 atom stereocenters. The molecular weight excluding hydrogens is 322 g/mol. The summed E-state index contributed by atoms with van der Waals surface area (Å²) in [6.45, 7) is 0.593. The number of carbonyl (C=O) groups excluding carboxylic acids is 2. The van der Waals surface area contributed by atoms with Crippen LogP contribution in [0.4, 0.5) is 5.69 Å². The smallest absolute Gasteiger partial charge is 0.230 e. The van der Waals surface area contributed by atoms with Crippen molar-refractivity contribution in [1.82, 2.24) is 9.78 Å². The number of fused-ring (bicyclic) bond motifs is 2. The lowest BCUT2D eigenvalue weighted by molar-refractivity contribution is -0.313. The topological polar surface area (TPSA) is 96.3 Å². The molecule has 7 heteroatoms. The molecule has 3 heterocycles. The van der Waals surface area contributed by atoms with Crippen molar-refractivity contribution in [3.63, 3.8) is 0 Å². The Morgan fingerprint density at radius 3 is 2.64 bits per heavy atom. The number of rotatable bonds is 5. The van der Waals surface area contributed by atoms with Gasteiger partial charge in [-0.3, -0.25) is 9.48 Å². The fourth-order valence-corrected chi connectivity index (χ4v) is 3.82. The van der Waals surface area contributed by atoms with Crippen LogP contribution in [0.5, 0.6) is 0 Å². The van der Waals surface area contributed by atoms with Crippen LogP contribution in [0.3, 0.4) is 0 Å². The summed E-state index contributed by atoms with van der Waals surface area (Å²) in [5.41, 5.74) is 1.64. The van der Waals surface area contributed by atoms with Gasteiger partial charge in [-0.05, 0) is 18.4 Å². The van der Waals surface area contributed by atoms with Crippen molar-refractivity contribution in [2.45, 2.75) is 31.6 Å². The van der Waals surface area contributed by atoms with E-state index in [1.54, 1.807) is 17.1 Å². The minimum Gasteiger partial charge on any atom is -0.550 e. The van der Waals surface area contributed by atoms with Crippen LogP contribution in [0.25, 0.3) is 0 Å². The fourth-order valence-electron chi connectivity index (χ4n) is 3.82. The van der Waals surface area contributed by atoms with Crippen molar-refractivity contribution in [3.8, 4) is 0 Å². The Morgan fingerprint density at radius 2 is 1.92 bits per heavy atom. The second-order valence-corrected chi connectivity index (χ2v) is 6.56. The van der Waals surface area contributed by atoms with Crippen LogP contribution in [0.2, 0.25) is 0 Å². The van der Waals surface area contributed by atoms with E-state index in [1.807, 2.05) is 30.3 Å². The first-order chi connectivity index (χ1) is 12.1. The molecule has 25 heavy (non-hydrogen) atoms. The van der Waals surface area contributed by atoms with E-state index >= 15 is 0 Å². The number of ether oxygens (including phenoxy) is 1. The minimum absolute atomic E-state index is 0.340. The van der Waals surface area contributed by atoms with E-state index in [4.69, 9.17) is 4.74 Å². The molecule has 1 aromatic heterocycles. The minimum atomic E-state index is -1.22. The summed E-state index contributed by atoms with van der Waals surface area (Å²) in [4.78, 5) is 23.9. The number of aliphatic carboxylic acids is 1. The maximum absolute atomic E-state index is 12.6. The number of anilines is 1. The zero-order valence-electron chi connectivity index (χ0n) is 13.5. The molecule has 1 N–H and O–H groups in total. The average Bonchev–Trinajstić information content (AvgIpc) is 3.31. The largest absolute Gasteiger partial charge is 0.550 e. The van der Waals surface area contributed by atoms with Crippen LogP contribution < -0.4 is 10.4 Å². The summed E-state index contributed by atoms with van der Waals surface area (Å²) < 4.78 is 7.32. The van der Waals surface area contributed by atoms with E-state index in [2.05, 4.69) is 10.4 Å². The molecule has 7 nitrogen and oxygen atoms in total. The number of carboxylic acids is 1. The van der Waals surface area contributed by atoms with E-state index in [9.17, 15) is 14.7 Å². The zero-order chi connectivity index (χ0) is 17.4. The molecule has 130 valence electrons. The van der Waals surface area contributed by atoms with E-state index in [-0.39, 0.29) is 12.0 Å². The highest BCUT2D eigenvalue weighted by Gasteiger charge is 2.52. The van der Waals surface area contributed by atoms with Gasteiger partial charge in [-0.15, -0.1) is 0 Å². The Balaban J connectivity index is 1.44. The number of aromatic nitrogens is 2. The molecule has 2 bridgehead atoms. The third-order valence-corrected chi connectivity index (χ3v) is 4.94. The number of nitrogens with zero attached hydrogens (tertiary/aromatic N) is 2. The highest BCUT2D eigenvalue weighted by atomic mass is 16.5. The predicted molar refractivity (Wildman–Crippen MR) is 86.3 cm³/mol. The van der Waals surface area contributed by atoms with Crippen LogP contribution in [0, 0.1) is 11.8 Å². The summed E-state index contributed by atoms with van der Waals surface area (Å²) in [5, 5.41) is 18.4. The molecule has 1 amide bonds. The second-order valence-electron chi connectivity index (χ2n) is 6.56. The van der Waals surface area contributed by atoms with Gasteiger partial charge in [-0.1, -0.05) is 30.3 Å². The molecule has 1 aromatic carbocycles. The van der Waals surface area contributed by atoms with Gasteiger partial charge in [0.15, 0.2) is 0 Å². The molecular formula is C18H18N3O4-. The Labute approximate surface area is 144 Å². The first kappa shape index (κ1) is 15.8. The quantitative estimate of drug-likeness (QED) is 0.851. The van der Waals surface area contributed by atoms with Gasteiger partial charge < -0.3 is 20.0 Å². The van der Waals surface area contributed by atoms with E-state index in [0.717, 1.165) is 5.56 Å². The maximum atomic E-state index is 12.6. The van der Waals surface area contributed by atoms with Gasteiger partial charge in [-0.25, -0.2) is 0 Å². The fraction of sp³-hybridized carbons (Fsp3) is 0.389. The number of nitrogens with one attached hydrogen (secondary N) is 1. The van der Waals surface area contributed by atoms with Crippen molar-refractivity contribution in [2.24, 2.45) is 11.8 Å². The Bertz CT molecular complexity index is 789. The lowest BCUT2D eigenvalue weighted by Crippen LogP contribution is -2.46. The molecule has 4 unspecified atom stereocenters. The van der Waals surface area contributed by atoms with Gasteiger partial charge in [0.2, 0.25) is 5.91 Å². The lowest BCUT2D eigenvalue weighted by atomic mass is 9.78. The molecule has 2 aliphatic rings. The van der Waals surface area contributed by atoms with Gasteiger partial charge in [0.1, 0.15) is 0 Å². The summed E-state index contributed by atoms with van der Waals surface area (Å²) in [5.74, 6) is -3.15. The number of hydrogen-bond acceptors (Lipinski definition) is 5. The molecule has 2 fully saturated rings.